The van der Waals surface area contributed by atoms with Crippen molar-refractivity contribution in [2.75, 3.05) is 6.61 Å². The molecule has 0 fully saturated rings. The summed E-state index contributed by atoms with van der Waals surface area (Å²) < 4.78 is 6.11. The lowest BCUT2D eigenvalue weighted by Gasteiger charge is -2.17. The molecule has 0 aliphatic rings. The van der Waals surface area contributed by atoms with E-state index in [1.54, 1.807) is 0 Å². The fraction of sp³-hybridized carbons (Fsp3) is 0.946. The highest BCUT2D eigenvalue weighted by Gasteiger charge is 2.08. The minimum absolute atomic E-state index is 0.465. The second-order valence-electron chi connectivity index (χ2n) is 12.4. The van der Waals surface area contributed by atoms with Crippen molar-refractivity contribution < 1.29 is 4.74 Å². The topological polar surface area (TPSA) is 9.23 Å². The highest BCUT2D eigenvalue weighted by molar-refractivity contribution is 4.68. The standard InChI is InChI=1S/C37H74O/c1-4-7-9-11-13-15-17-19-21-23-25-27-29-31-33-35-37(38-36-6-3)34-32-30-28-26-24-22-20-18-16-14-12-10-8-5-2/h6,37H,3-5,7-36H2,1-2H3. The van der Waals surface area contributed by atoms with Crippen LogP contribution in [0.3, 0.4) is 0 Å². The van der Waals surface area contributed by atoms with Crippen molar-refractivity contribution >= 4 is 0 Å². The van der Waals surface area contributed by atoms with E-state index in [-0.39, 0.29) is 0 Å². The van der Waals surface area contributed by atoms with Crippen LogP contribution in [0.25, 0.3) is 0 Å². The van der Waals surface area contributed by atoms with E-state index in [1.165, 1.54) is 199 Å². The number of hydrogen-bond donors (Lipinski definition) is 0. The quantitative estimate of drug-likeness (QED) is 0.0589. The third-order valence-corrected chi connectivity index (χ3v) is 8.46. The maximum absolute atomic E-state index is 6.11. The largest absolute Gasteiger partial charge is 0.374 e. The summed E-state index contributed by atoms with van der Waals surface area (Å²) in [5.74, 6) is 0. The van der Waals surface area contributed by atoms with E-state index in [9.17, 15) is 0 Å². The Hall–Kier alpha value is -0.300. The maximum atomic E-state index is 6.11. The molecule has 0 radical (unpaired) electrons. The Morgan fingerprint density at radius 3 is 0.868 bits per heavy atom. The summed E-state index contributed by atoms with van der Waals surface area (Å²) in [6.45, 7) is 9.19. The van der Waals surface area contributed by atoms with Crippen LogP contribution in [-0.4, -0.2) is 12.7 Å². The Kier molecular flexibility index (Phi) is 34.5. The zero-order valence-corrected chi connectivity index (χ0v) is 26.9. The number of unbranched alkanes of at least 4 members (excludes halogenated alkanes) is 27. The molecule has 0 rings (SSSR count). The molecule has 0 aromatic rings. The lowest BCUT2D eigenvalue weighted by molar-refractivity contribution is 0.0574. The van der Waals surface area contributed by atoms with Gasteiger partial charge in [-0.3, -0.25) is 0 Å². The first-order valence-electron chi connectivity index (χ1n) is 18.1. The number of rotatable bonds is 34. The lowest BCUT2D eigenvalue weighted by Crippen LogP contribution is -2.13. The third-order valence-electron chi connectivity index (χ3n) is 8.46. The van der Waals surface area contributed by atoms with Gasteiger partial charge in [0.25, 0.3) is 0 Å². The van der Waals surface area contributed by atoms with Crippen LogP contribution in [-0.2, 0) is 4.74 Å². The summed E-state index contributed by atoms with van der Waals surface area (Å²) in [5, 5.41) is 0. The van der Waals surface area contributed by atoms with Crippen LogP contribution in [0.2, 0.25) is 0 Å². The van der Waals surface area contributed by atoms with E-state index in [0.717, 1.165) is 6.61 Å². The van der Waals surface area contributed by atoms with Crippen LogP contribution >= 0.6 is 0 Å². The van der Waals surface area contributed by atoms with Crippen LogP contribution in [0.4, 0.5) is 0 Å². The predicted molar refractivity (Wildman–Crippen MR) is 174 cm³/mol. The van der Waals surface area contributed by atoms with E-state index >= 15 is 0 Å². The molecular formula is C37H74O. The minimum Gasteiger partial charge on any atom is -0.374 e. The van der Waals surface area contributed by atoms with Crippen molar-refractivity contribution in [3.8, 4) is 0 Å². The molecule has 0 aliphatic heterocycles. The first-order chi connectivity index (χ1) is 18.8. The van der Waals surface area contributed by atoms with E-state index in [1.807, 2.05) is 6.08 Å². The van der Waals surface area contributed by atoms with Crippen LogP contribution in [0.5, 0.6) is 0 Å². The molecule has 0 saturated carbocycles. The Bertz CT molecular complexity index is 417. The first-order valence-corrected chi connectivity index (χ1v) is 18.1. The Morgan fingerprint density at radius 1 is 0.395 bits per heavy atom. The van der Waals surface area contributed by atoms with Gasteiger partial charge >= 0.3 is 0 Å². The van der Waals surface area contributed by atoms with Gasteiger partial charge in [0, 0.05) is 0 Å². The van der Waals surface area contributed by atoms with Crippen molar-refractivity contribution in [1.82, 2.24) is 0 Å². The van der Waals surface area contributed by atoms with Crippen molar-refractivity contribution in [2.24, 2.45) is 0 Å². The normalized spacial score (nSPS) is 12.3. The zero-order chi connectivity index (χ0) is 27.6. The van der Waals surface area contributed by atoms with Gasteiger partial charge in [0.05, 0.1) is 12.7 Å². The van der Waals surface area contributed by atoms with Gasteiger partial charge in [-0.05, 0) is 12.8 Å². The van der Waals surface area contributed by atoms with Gasteiger partial charge in [-0.2, -0.15) is 0 Å². The molecule has 1 nitrogen and oxygen atoms in total. The van der Waals surface area contributed by atoms with Crippen LogP contribution in [0.15, 0.2) is 12.7 Å². The van der Waals surface area contributed by atoms with Crippen LogP contribution in [0, 0.1) is 0 Å². The lowest BCUT2D eigenvalue weighted by atomic mass is 10.0. The van der Waals surface area contributed by atoms with Gasteiger partial charge < -0.3 is 4.74 Å². The van der Waals surface area contributed by atoms with Crippen LogP contribution < -0.4 is 0 Å². The van der Waals surface area contributed by atoms with Crippen molar-refractivity contribution in [1.29, 1.82) is 0 Å². The minimum atomic E-state index is 0.465. The molecule has 0 N–H and O–H groups in total. The van der Waals surface area contributed by atoms with Crippen molar-refractivity contribution in [3.63, 3.8) is 0 Å². The van der Waals surface area contributed by atoms with Gasteiger partial charge in [0.1, 0.15) is 0 Å². The fourth-order valence-electron chi connectivity index (χ4n) is 5.83. The van der Waals surface area contributed by atoms with Crippen molar-refractivity contribution in [2.45, 2.75) is 219 Å². The summed E-state index contributed by atoms with van der Waals surface area (Å²) in [6.07, 6.45) is 46.5. The van der Waals surface area contributed by atoms with Gasteiger partial charge in [0.15, 0.2) is 0 Å². The molecule has 0 aromatic carbocycles. The molecule has 0 spiro atoms. The van der Waals surface area contributed by atoms with E-state index in [0.29, 0.717) is 6.10 Å². The molecule has 1 heteroatoms. The SMILES string of the molecule is C=CCOC(CCCCCCCCCCCCCCCC)CCCCCCCCCCCCCCCCC. The average molecular weight is 535 g/mol. The molecule has 0 amide bonds. The molecule has 1 atom stereocenters. The van der Waals surface area contributed by atoms with Gasteiger partial charge in [-0.15, -0.1) is 6.58 Å². The summed E-state index contributed by atoms with van der Waals surface area (Å²) in [7, 11) is 0. The fourth-order valence-corrected chi connectivity index (χ4v) is 5.83. The Morgan fingerprint density at radius 2 is 0.632 bits per heavy atom. The van der Waals surface area contributed by atoms with Gasteiger partial charge in [-0.1, -0.05) is 206 Å². The highest BCUT2D eigenvalue weighted by atomic mass is 16.5. The molecule has 0 aliphatic carbocycles. The predicted octanol–water partition coefficient (Wildman–Crippen LogP) is 13.7. The molecule has 38 heavy (non-hydrogen) atoms. The Balaban J connectivity index is 3.46. The van der Waals surface area contributed by atoms with E-state index < -0.39 is 0 Å². The highest BCUT2D eigenvalue weighted by Crippen LogP contribution is 2.18. The van der Waals surface area contributed by atoms with E-state index in [4.69, 9.17) is 4.74 Å². The monoisotopic (exact) mass is 535 g/mol. The Labute approximate surface area is 242 Å². The second-order valence-corrected chi connectivity index (χ2v) is 12.4. The summed E-state index contributed by atoms with van der Waals surface area (Å²) in [4.78, 5) is 0. The second kappa shape index (κ2) is 34.7. The van der Waals surface area contributed by atoms with E-state index in [2.05, 4.69) is 20.4 Å². The smallest absolute Gasteiger partial charge is 0.0648 e. The first kappa shape index (κ1) is 37.7. The molecule has 0 aromatic heterocycles. The molecule has 0 bridgehead atoms. The third kappa shape index (κ3) is 31.9. The molecule has 0 heterocycles. The number of hydrogen-bond acceptors (Lipinski definition) is 1. The maximum Gasteiger partial charge on any atom is 0.0648 e. The van der Waals surface area contributed by atoms with Gasteiger partial charge in [-0.25, -0.2) is 0 Å². The average Bonchev–Trinajstić information content (AvgIpc) is 2.93. The summed E-state index contributed by atoms with van der Waals surface area (Å²) >= 11 is 0. The molecule has 228 valence electrons. The van der Waals surface area contributed by atoms with Crippen molar-refractivity contribution in [3.05, 3.63) is 12.7 Å². The molecular weight excluding hydrogens is 460 g/mol. The molecule has 0 saturated heterocycles. The summed E-state index contributed by atoms with van der Waals surface area (Å²) in [6, 6.07) is 0. The van der Waals surface area contributed by atoms with Crippen LogP contribution in [0.1, 0.15) is 213 Å². The van der Waals surface area contributed by atoms with Gasteiger partial charge in [0.2, 0.25) is 0 Å². The number of ether oxygens (including phenoxy) is 1. The molecule has 1 unspecified atom stereocenters. The zero-order valence-electron chi connectivity index (χ0n) is 26.9. The summed E-state index contributed by atoms with van der Waals surface area (Å²) in [5.41, 5.74) is 0.